The lowest BCUT2D eigenvalue weighted by Crippen LogP contribution is -2.20. The number of hydrogen-bond acceptors (Lipinski definition) is 6. The first kappa shape index (κ1) is 20.5. The minimum Gasteiger partial charge on any atom is -0.457 e. The third-order valence-corrected chi connectivity index (χ3v) is 5.30. The molecule has 0 unspecified atom stereocenters. The number of amides is 1. The highest BCUT2D eigenvalue weighted by molar-refractivity contribution is 6.03. The number of fused-ring (bicyclic) bond motifs is 2. The van der Waals surface area contributed by atoms with Crippen LogP contribution in [-0.4, -0.2) is 41.3 Å². The minimum absolute atomic E-state index is 0.0201. The van der Waals surface area contributed by atoms with Gasteiger partial charge in [0.15, 0.2) is 12.4 Å². The molecule has 31 heavy (non-hydrogen) atoms. The van der Waals surface area contributed by atoms with Crippen LogP contribution in [0.4, 0.5) is 5.69 Å². The first-order valence-corrected chi connectivity index (χ1v) is 9.98. The Labute approximate surface area is 177 Å². The highest BCUT2D eigenvalue weighted by Gasteiger charge is 2.24. The van der Waals surface area contributed by atoms with Crippen molar-refractivity contribution in [1.82, 2.24) is 9.97 Å². The zero-order valence-electron chi connectivity index (χ0n) is 17.0. The fraction of sp³-hybridized carbons (Fsp3) is 0.261. The van der Waals surface area contributed by atoms with E-state index in [9.17, 15) is 19.2 Å². The number of ketones is 1. The molecule has 0 saturated heterocycles. The number of benzene rings is 2. The summed E-state index contributed by atoms with van der Waals surface area (Å²) in [4.78, 5) is 56.9. The van der Waals surface area contributed by atoms with E-state index in [1.54, 1.807) is 48.3 Å². The normalized spacial score (nSPS) is 12.8. The Morgan fingerprint density at radius 2 is 1.97 bits per heavy atom. The number of esters is 1. The molecule has 0 spiro atoms. The molecule has 1 N–H and O–H groups in total. The molecule has 0 aliphatic carbocycles. The number of nitrogens with one attached hydrogen (secondary N) is 1. The second-order valence-electron chi connectivity index (χ2n) is 7.44. The van der Waals surface area contributed by atoms with Crippen molar-refractivity contribution in [2.75, 3.05) is 18.6 Å². The van der Waals surface area contributed by atoms with Crippen LogP contribution in [0, 0.1) is 0 Å². The van der Waals surface area contributed by atoms with Crippen molar-refractivity contribution in [1.29, 1.82) is 0 Å². The van der Waals surface area contributed by atoms with Gasteiger partial charge in [-0.05, 0) is 42.3 Å². The number of carbonyl (C=O) groups excluding carboxylic acids is 3. The second kappa shape index (κ2) is 8.51. The summed E-state index contributed by atoms with van der Waals surface area (Å²) in [6.45, 7) is -0.355. The first-order valence-electron chi connectivity index (χ1n) is 9.98. The summed E-state index contributed by atoms with van der Waals surface area (Å²) in [7, 11) is 1.69. The Morgan fingerprint density at radius 3 is 2.81 bits per heavy atom. The van der Waals surface area contributed by atoms with Gasteiger partial charge in [-0.1, -0.05) is 12.1 Å². The molecule has 2 aromatic carbocycles. The van der Waals surface area contributed by atoms with E-state index in [2.05, 4.69) is 9.97 Å². The Bertz CT molecular complexity index is 1250. The largest absolute Gasteiger partial charge is 0.457 e. The summed E-state index contributed by atoms with van der Waals surface area (Å²) < 4.78 is 5.09. The number of para-hydroxylation sites is 1. The number of Topliss-reactive ketones (excluding diaryl/α,β-unsaturated/α-hetero) is 1. The summed E-state index contributed by atoms with van der Waals surface area (Å²) in [6.07, 6.45) is 1.21. The zero-order chi connectivity index (χ0) is 22.0. The van der Waals surface area contributed by atoms with Gasteiger partial charge in [0.2, 0.25) is 5.91 Å². The van der Waals surface area contributed by atoms with Gasteiger partial charge in [-0.2, -0.15) is 0 Å². The van der Waals surface area contributed by atoms with E-state index >= 15 is 0 Å². The number of aryl methyl sites for hydroxylation is 1. The fourth-order valence-electron chi connectivity index (χ4n) is 3.60. The van der Waals surface area contributed by atoms with E-state index in [0.717, 1.165) is 11.3 Å². The molecule has 0 radical (unpaired) electrons. The SMILES string of the molecule is CN1C(=O)Cc2cc(C(=O)COC(=O)CCCc3nc4ccccc4c(=O)[nH]3)ccc21. The molecule has 8 nitrogen and oxygen atoms in total. The van der Waals surface area contributed by atoms with Gasteiger partial charge >= 0.3 is 5.97 Å². The molecular formula is C23H21N3O5. The van der Waals surface area contributed by atoms with Gasteiger partial charge in [-0.3, -0.25) is 19.2 Å². The van der Waals surface area contributed by atoms with Crippen LogP contribution in [0.1, 0.15) is 34.6 Å². The van der Waals surface area contributed by atoms with Crippen LogP contribution >= 0.6 is 0 Å². The number of ether oxygens (including phenoxy) is 1. The Hall–Kier alpha value is -3.81. The van der Waals surface area contributed by atoms with E-state index in [-0.39, 0.29) is 36.7 Å². The van der Waals surface area contributed by atoms with E-state index in [1.165, 1.54) is 0 Å². The summed E-state index contributed by atoms with van der Waals surface area (Å²) in [5.74, 6) is -0.329. The highest BCUT2D eigenvalue weighted by atomic mass is 16.5. The Morgan fingerprint density at radius 1 is 1.16 bits per heavy atom. The molecule has 0 saturated carbocycles. The van der Waals surface area contributed by atoms with E-state index < -0.39 is 5.97 Å². The van der Waals surface area contributed by atoms with Crippen LogP contribution < -0.4 is 10.5 Å². The van der Waals surface area contributed by atoms with Crippen LogP contribution in [0.5, 0.6) is 0 Å². The number of H-pyrrole nitrogens is 1. The van der Waals surface area contributed by atoms with Crippen molar-refractivity contribution < 1.29 is 19.1 Å². The zero-order valence-corrected chi connectivity index (χ0v) is 17.0. The molecule has 0 atom stereocenters. The van der Waals surface area contributed by atoms with Crippen molar-refractivity contribution in [2.24, 2.45) is 0 Å². The molecule has 1 aliphatic heterocycles. The fourth-order valence-corrected chi connectivity index (χ4v) is 3.60. The Kier molecular flexibility index (Phi) is 5.62. The lowest BCUT2D eigenvalue weighted by Gasteiger charge is -2.10. The predicted octanol–water partition coefficient (Wildman–Crippen LogP) is 2.19. The molecule has 158 valence electrons. The molecular weight excluding hydrogens is 398 g/mol. The number of nitrogens with zero attached hydrogens (tertiary/aromatic N) is 2. The summed E-state index contributed by atoms with van der Waals surface area (Å²) in [5, 5.41) is 0.520. The number of hydrogen-bond donors (Lipinski definition) is 1. The van der Waals surface area contributed by atoms with Crippen molar-refractivity contribution >= 4 is 34.3 Å². The van der Waals surface area contributed by atoms with Crippen LogP contribution in [0.3, 0.4) is 0 Å². The second-order valence-corrected chi connectivity index (χ2v) is 7.44. The molecule has 2 heterocycles. The number of aromatic nitrogens is 2. The smallest absolute Gasteiger partial charge is 0.306 e. The first-order chi connectivity index (χ1) is 14.9. The van der Waals surface area contributed by atoms with Crippen LogP contribution in [-0.2, 0) is 27.2 Å². The predicted molar refractivity (Wildman–Crippen MR) is 114 cm³/mol. The van der Waals surface area contributed by atoms with Gasteiger partial charge in [0.1, 0.15) is 5.82 Å². The lowest BCUT2D eigenvalue weighted by atomic mass is 10.1. The summed E-state index contributed by atoms with van der Waals surface area (Å²) >= 11 is 0. The van der Waals surface area contributed by atoms with Gasteiger partial charge in [0, 0.05) is 31.1 Å². The van der Waals surface area contributed by atoms with Gasteiger partial charge in [-0.25, -0.2) is 4.98 Å². The topological polar surface area (TPSA) is 109 Å². The molecule has 1 amide bonds. The van der Waals surface area contributed by atoms with Crippen LogP contribution in [0.15, 0.2) is 47.3 Å². The van der Waals surface area contributed by atoms with Crippen molar-refractivity contribution in [2.45, 2.75) is 25.7 Å². The maximum Gasteiger partial charge on any atom is 0.306 e. The van der Waals surface area contributed by atoms with Gasteiger partial charge in [-0.15, -0.1) is 0 Å². The Balaban J connectivity index is 1.27. The molecule has 0 fully saturated rings. The summed E-state index contributed by atoms with van der Waals surface area (Å²) in [6, 6.07) is 12.1. The quantitative estimate of drug-likeness (QED) is 0.464. The average Bonchev–Trinajstić information content (AvgIpc) is 3.05. The average molecular weight is 419 g/mol. The van der Waals surface area contributed by atoms with Gasteiger partial charge in [0.25, 0.3) is 5.56 Å². The van der Waals surface area contributed by atoms with Crippen LogP contribution in [0.25, 0.3) is 10.9 Å². The number of carbonyl (C=O) groups is 3. The monoisotopic (exact) mass is 419 g/mol. The highest BCUT2D eigenvalue weighted by Crippen LogP contribution is 2.28. The maximum atomic E-state index is 12.3. The number of anilines is 1. The standard InChI is InChI=1S/C23H21N3O5/c1-26-18-10-9-14(11-15(18)12-21(26)28)19(27)13-31-22(29)8-4-7-20-24-17-6-3-2-5-16(17)23(30)25-20/h2-3,5-6,9-11H,4,7-8,12-13H2,1H3,(H,24,25,30). The van der Waals surface area contributed by atoms with Crippen molar-refractivity contribution in [3.8, 4) is 0 Å². The minimum atomic E-state index is -0.493. The molecule has 1 aliphatic rings. The third-order valence-electron chi connectivity index (χ3n) is 5.30. The number of likely N-dealkylation sites (N-methyl/N-ethyl adjacent to an activating group) is 1. The molecule has 3 aromatic rings. The van der Waals surface area contributed by atoms with E-state index in [1.807, 2.05) is 6.07 Å². The molecule has 4 rings (SSSR count). The number of rotatable bonds is 7. The molecule has 8 heteroatoms. The molecule has 1 aromatic heterocycles. The molecule has 0 bridgehead atoms. The van der Waals surface area contributed by atoms with Crippen LogP contribution in [0.2, 0.25) is 0 Å². The van der Waals surface area contributed by atoms with Gasteiger partial charge < -0.3 is 14.6 Å². The lowest BCUT2D eigenvalue weighted by molar-refractivity contribution is -0.142. The summed E-state index contributed by atoms with van der Waals surface area (Å²) in [5.41, 5.74) is 2.39. The van der Waals surface area contributed by atoms with Crippen molar-refractivity contribution in [3.05, 3.63) is 69.8 Å². The van der Waals surface area contributed by atoms with E-state index in [0.29, 0.717) is 35.1 Å². The maximum absolute atomic E-state index is 12.3. The van der Waals surface area contributed by atoms with E-state index in [4.69, 9.17) is 4.74 Å². The van der Waals surface area contributed by atoms with Crippen molar-refractivity contribution in [3.63, 3.8) is 0 Å². The van der Waals surface area contributed by atoms with Gasteiger partial charge in [0.05, 0.1) is 17.3 Å². The third kappa shape index (κ3) is 4.37. The number of aromatic amines is 1.